The van der Waals surface area contributed by atoms with Crippen molar-refractivity contribution in [3.63, 3.8) is 0 Å². The Bertz CT molecular complexity index is 1660. The van der Waals surface area contributed by atoms with Crippen LogP contribution in [0.1, 0.15) is 150 Å². The number of likely N-dealkylation sites (N-methyl/N-ethyl adjacent to an activating group) is 6. The van der Waals surface area contributed by atoms with E-state index in [2.05, 4.69) is 202 Å². The summed E-state index contributed by atoms with van der Waals surface area (Å²) in [6.07, 6.45) is 22.4. The van der Waals surface area contributed by atoms with Crippen LogP contribution in [0.5, 0.6) is 0 Å². The Morgan fingerprint density at radius 3 is 1.30 bits per heavy atom. The fourth-order valence-electron chi connectivity index (χ4n) is 13.0. The molecule has 0 spiro atoms. The van der Waals surface area contributed by atoms with Gasteiger partial charge in [0.25, 0.3) is 0 Å². The standard InChI is InChI=1S/C10H18N2O.C9H11N.2C8H17N.C7H15NO.C7H15N.C6H14N2.C6H13N.C5H11NO.C5H11N/c1-12-6-2-3-9(12)10(13)11-7-8-4-5-8;1-10-7-6-8-4-2-3-5-9(8)10;1-7-4-8(2)6-9(3)5-7;1-7-5-4-6-8(2)9(7)3;1-6-4-8(3)5-7(2)9-6;2*1-7-3-5-8(2)6-4-7;1-7-5-3-2-4-6-7;1-6-2-4-7-5-3-6;1-6-4-2-3-5-6/h8-9H,2-7H2,1H3,(H,11,13);2-5H,6-7H2,1H3;2*7-8H,4-6H2,1-3H3;6-7H,4-5H2,1-3H3;7H,3-6H2,1-2H3;3-6H2,1-2H3;2-6H2,1H3;2-5H2,1H3;2-5H2,1H3. The van der Waals surface area contributed by atoms with Gasteiger partial charge in [0, 0.05) is 103 Å². The third-order valence-corrected chi connectivity index (χ3v) is 19.4. The molecular weight excluding hydrogens is 1070 g/mol. The van der Waals surface area contributed by atoms with Crippen LogP contribution in [0.25, 0.3) is 0 Å². The van der Waals surface area contributed by atoms with Gasteiger partial charge >= 0.3 is 0 Å². The van der Waals surface area contributed by atoms with Crippen molar-refractivity contribution >= 4 is 11.6 Å². The highest BCUT2D eigenvalue weighted by molar-refractivity contribution is 5.82. The smallest absolute Gasteiger partial charge is 0.237 e. The van der Waals surface area contributed by atoms with E-state index in [1.165, 1.54) is 186 Å². The van der Waals surface area contributed by atoms with Crippen LogP contribution in [0.2, 0.25) is 0 Å². The van der Waals surface area contributed by atoms with Crippen LogP contribution < -0.4 is 10.2 Å². The molecule has 10 aliphatic heterocycles. The minimum absolute atomic E-state index is 0.152. The van der Waals surface area contributed by atoms with Crippen molar-refractivity contribution in [2.45, 2.75) is 182 Å². The molecule has 0 aromatic heterocycles. The van der Waals surface area contributed by atoms with Gasteiger partial charge < -0.3 is 63.8 Å². The zero-order valence-electron chi connectivity index (χ0n) is 59.8. The Balaban J connectivity index is 0.000000252. The maximum atomic E-state index is 11.6. The zero-order valence-corrected chi connectivity index (χ0v) is 59.8. The first-order chi connectivity index (χ1) is 41.0. The van der Waals surface area contributed by atoms with E-state index >= 15 is 0 Å². The molecule has 504 valence electrons. The quantitative estimate of drug-likeness (QED) is 0.312. The second-order valence-corrected chi connectivity index (χ2v) is 28.9. The van der Waals surface area contributed by atoms with E-state index in [0.29, 0.717) is 12.2 Å². The van der Waals surface area contributed by atoms with Crippen molar-refractivity contribution in [1.82, 2.24) is 54.3 Å². The normalized spacial score (nSPS) is 29.2. The lowest BCUT2D eigenvalue weighted by Crippen LogP contribution is -2.42. The van der Waals surface area contributed by atoms with E-state index in [1.807, 2.05) is 7.05 Å². The first kappa shape index (κ1) is 78.3. The summed E-state index contributed by atoms with van der Waals surface area (Å²) in [6, 6.07) is 10.4. The molecule has 10 fully saturated rings. The maximum absolute atomic E-state index is 11.6. The molecule has 1 aromatic rings. The summed E-state index contributed by atoms with van der Waals surface area (Å²) in [4.78, 5) is 37.4. The Kier molecular flexibility index (Phi) is 41.2. The first-order valence-corrected chi connectivity index (χ1v) is 35.2. The monoisotopic (exact) mass is 1210 g/mol. The number of piperidine rings is 4. The van der Waals surface area contributed by atoms with Crippen molar-refractivity contribution < 1.29 is 14.3 Å². The number of amides is 1. The average Bonchev–Trinajstić information content (AvgIpc) is 4.07. The number of rotatable bonds is 3. The third-order valence-electron chi connectivity index (χ3n) is 19.4. The van der Waals surface area contributed by atoms with E-state index in [-0.39, 0.29) is 11.9 Å². The molecule has 7 unspecified atom stereocenters. The summed E-state index contributed by atoms with van der Waals surface area (Å²) in [6.45, 7) is 40.6. The molecule has 7 atom stereocenters. The molecule has 1 aliphatic carbocycles. The fourth-order valence-corrected chi connectivity index (χ4v) is 13.0. The second kappa shape index (κ2) is 45.3. The summed E-state index contributed by atoms with van der Waals surface area (Å²) in [5.74, 6) is 3.84. The molecule has 15 heteroatoms. The highest BCUT2D eigenvalue weighted by Gasteiger charge is 2.30. The van der Waals surface area contributed by atoms with Crippen LogP contribution >= 0.6 is 0 Å². The summed E-state index contributed by atoms with van der Waals surface area (Å²) in [7, 11) is 23.8. The molecule has 12 rings (SSSR count). The molecule has 9 saturated heterocycles. The van der Waals surface area contributed by atoms with Crippen molar-refractivity contribution in [3.05, 3.63) is 29.8 Å². The predicted molar refractivity (Wildman–Crippen MR) is 371 cm³/mol. The number of carbonyl (C=O) groups is 1. The third kappa shape index (κ3) is 36.8. The predicted octanol–water partition coefficient (Wildman–Crippen LogP) is 9.46. The van der Waals surface area contributed by atoms with Crippen LogP contribution in [0, 0.1) is 23.7 Å². The highest BCUT2D eigenvalue weighted by Crippen LogP contribution is 2.28. The van der Waals surface area contributed by atoms with Crippen molar-refractivity contribution in [3.8, 4) is 0 Å². The van der Waals surface area contributed by atoms with Gasteiger partial charge in [0.1, 0.15) is 0 Å². The van der Waals surface area contributed by atoms with Crippen LogP contribution in [-0.2, 0) is 20.7 Å². The number of carbonyl (C=O) groups excluding carboxylic acids is 1. The van der Waals surface area contributed by atoms with Gasteiger partial charge in [-0.25, -0.2) is 0 Å². The van der Waals surface area contributed by atoms with Crippen molar-refractivity contribution in [2.24, 2.45) is 23.7 Å². The number of hydrogen-bond donors (Lipinski definition) is 1. The van der Waals surface area contributed by atoms with Gasteiger partial charge in [-0.1, -0.05) is 51.8 Å². The number of likely N-dealkylation sites (tertiary alicyclic amines) is 6. The molecule has 11 aliphatic rings. The Labute approximate surface area is 532 Å². The molecule has 86 heavy (non-hydrogen) atoms. The topological polar surface area (TPSA) is 83.2 Å². The SMILES string of the molecule is CC1CC(C)CN(C)C1.CC1CCCC(C)N1C.CC1CCN(C)CC1.CC1CN(C)CC(C)O1.CN1CCCC1.CN1CCCC1C(=O)NCC1CC1.CN1CCCCC1.CN1CCN(C)CC1.CN1CCOCC1.CN1CCc2ccccc21. The molecular formula is C71H142N12O3. The van der Waals surface area contributed by atoms with E-state index in [9.17, 15) is 4.79 Å². The van der Waals surface area contributed by atoms with Crippen LogP contribution in [0.15, 0.2) is 24.3 Å². The Morgan fingerprint density at radius 2 is 0.919 bits per heavy atom. The number of nitrogens with one attached hydrogen (secondary N) is 1. The minimum atomic E-state index is 0.152. The largest absolute Gasteiger partial charge is 0.379 e. The van der Waals surface area contributed by atoms with E-state index in [4.69, 9.17) is 9.47 Å². The number of ether oxygens (including phenoxy) is 2. The van der Waals surface area contributed by atoms with Gasteiger partial charge in [0.05, 0.1) is 31.5 Å². The molecule has 1 amide bonds. The number of anilines is 1. The number of fused-ring (bicyclic) bond motifs is 1. The molecule has 0 bridgehead atoms. The van der Waals surface area contributed by atoms with Gasteiger partial charge in [-0.3, -0.25) is 9.69 Å². The minimum Gasteiger partial charge on any atom is -0.379 e. The van der Waals surface area contributed by atoms with Crippen LogP contribution in [-0.4, -0.2) is 300 Å². The lowest BCUT2D eigenvalue weighted by Gasteiger charge is -2.35. The number of piperazine rings is 1. The van der Waals surface area contributed by atoms with Gasteiger partial charge in [0.15, 0.2) is 0 Å². The Morgan fingerprint density at radius 1 is 0.453 bits per heavy atom. The molecule has 1 N–H and O–H groups in total. The molecule has 15 nitrogen and oxygen atoms in total. The number of nitrogens with zero attached hydrogens (tertiary/aromatic N) is 11. The van der Waals surface area contributed by atoms with E-state index in [0.717, 1.165) is 101 Å². The van der Waals surface area contributed by atoms with Crippen LogP contribution in [0.3, 0.4) is 0 Å². The van der Waals surface area contributed by atoms with Gasteiger partial charge in [-0.05, 0) is 269 Å². The number of hydrogen-bond acceptors (Lipinski definition) is 14. The summed E-state index contributed by atoms with van der Waals surface area (Å²) >= 11 is 0. The molecule has 0 radical (unpaired) electrons. The van der Waals surface area contributed by atoms with Crippen LogP contribution in [0.4, 0.5) is 5.69 Å². The van der Waals surface area contributed by atoms with E-state index < -0.39 is 0 Å². The molecule has 1 aromatic carbocycles. The lowest BCUT2D eigenvalue weighted by molar-refractivity contribution is -0.125. The molecule has 10 heterocycles. The van der Waals surface area contributed by atoms with E-state index in [1.54, 1.807) is 0 Å². The Hall–Kier alpha value is -1.99. The molecule has 1 saturated carbocycles. The van der Waals surface area contributed by atoms with Crippen molar-refractivity contribution in [2.75, 3.05) is 220 Å². The van der Waals surface area contributed by atoms with Gasteiger partial charge in [-0.2, -0.15) is 0 Å². The number of para-hydroxylation sites is 1. The number of morpholine rings is 2. The highest BCUT2D eigenvalue weighted by atomic mass is 16.5. The number of benzene rings is 1. The first-order valence-electron chi connectivity index (χ1n) is 35.2. The summed E-state index contributed by atoms with van der Waals surface area (Å²) in [5.41, 5.74) is 2.90. The fraction of sp³-hybridized carbons (Fsp3) is 0.901. The zero-order chi connectivity index (χ0) is 63.4. The maximum Gasteiger partial charge on any atom is 0.237 e. The summed E-state index contributed by atoms with van der Waals surface area (Å²) in [5, 5.41) is 3.04. The van der Waals surface area contributed by atoms with Gasteiger partial charge in [-0.15, -0.1) is 0 Å². The summed E-state index contributed by atoms with van der Waals surface area (Å²) < 4.78 is 10.6. The average molecular weight is 1210 g/mol. The second-order valence-electron chi connectivity index (χ2n) is 28.9. The van der Waals surface area contributed by atoms with Gasteiger partial charge in [0.2, 0.25) is 5.91 Å². The van der Waals surface area contributed by atoms with Crippen molar-refractivity contribution in [1.29, 1.82) is 0 Å². The lowest BCUT2D eigenvalue weighted by atomic mass is 9.92.